The average Bonchev–Trinajstić information content (AvgIpc) is 2.79. The largest absolute Gasteiger partial charge is 0.473 e. The first-order valence-corrected chi connectivity index (χ1v) is 10.7. The Morgan fingerprint density at radius 3 is 2.58 bits per heavy atom. The van der Waals surface area contributed by atoms with Crippen molar-refractivity contribution in [1.29, 1.82) is 0 Å². The van der Waals surface area contributed by atoms with Gasteiger partial charge in [-0.3, -0.25) is 0 Å². The van der Waals surface area contributed by atoms with E-state index in [9.17, 15) is 4.79 Å². The Hall–Kier alpha value is -2.95. The Bertz CT molecular complexity index is 1350. The van der Waals surface area contributed by atoms with E-state index in [0.717, 1.165) is 33.5 Å². The highest BCUT2D eigenvalue weighted by atomic mass is 35.5. The zero-order valence-corrected chi connectivity index (χ0v) is 18.3. The number of nitrogens with zero attached hydrogens (tertiary/aromatic N) is 1. The summed E-state index contributed by atoms with van der Waals surface area (Å²) in [7, 11) is 0. The van der Waals surface area contributed by atoms with Gasteiger partial charge in [0, 0.05) is 23.1 Å². The van der Waals surface area contributed by atoms with Crippen molar-refractivity contribution in [1.82, 2.24) is 0 Å². The summed E-state index contributed by atoms with van der Waals surface area (Å²) < 4.78 is 11.8. The van der Waals surface area contributed by atoms with Gasteiger partial charge in [0.1, 0.15) is 11.3 Å². The molecule has 4 aromatic rings. The first-order chi connectivity index (χ1) is 15.0. The molecule has 0 aliphatic carbocycles. The van der Waals surface area contributed by atoms with Crippen molar-refractivity contribution in [3.05, 3.63) is 103 Å². The molecule has 0 unspecified atom stereocenters. The van der Waals surface area contributed by atoms with Crippen LogP contribution in [0.15, 0.2) is 69.9 Å². The van der Waals surface area contributed by atoms with E-state index < -0.39 is 0 Å². The summed E-state index contributed by atoms with van der Waals surface area (Å²) in [5, 5.41) is 1.90. The van der Waals surface area contributed by atoms with Gasteiger partial charge in [0.05, 0.1) is 22.2 Å². The summed E-state index contributed by atoms with van der Waals surface area (Å²) in [5.74, 6) is 0.724. The fourth-order valence-electron chi connectivity index (χ4n) is 4.01. The topological polar surface area (TPSA) is 42.7 Å². The van der Waals surface area contributed by atoms with Crippen molar-refractivity contribution in [3.63, 3.8) is 0 Å². The molecule has 0 radical (unpaired) electrons. The molecule has 2 heterocycles. The number of anilines is 1. The van der Waals surface area contributed by atoms with Gasteiger partial charge in [-0.2, -0.15) is 0 Å². The maximum absolute atomic E-state index is 12.9. The molecular formula is C25H19Cl2NO3. The second-order valence-corrected chi connectivity index (χ2v) is 8.46. The van der Waals surface area contributed by atoms with Crippen molar-refractivity contribution in [2.75, 3.05) is 11.6 Å². The number of benzene rings is 3. The van der Waals surface area contributed by atoms with Crippen LogP contribution in [0.3, 0.4) is 0 Å². The molecule has 0 atom stereocenters. The van der Waals surface area contributed by atoms with Crippen molar-refractivity contribution < 1.29 is 9.15 Å². The van der Waals surface area contributed by atoms with Crippen LogP contribution in [-0.4, -0.2) is 6.73 Å². The molecule has 0 spiro atoms. The van der Waals surface area contributed by atoms with Gasteiger partial charge in [-0.25, -0.2) is 4.79 Å². The van der Waals surface area contributed by atoms with Crippen molar-refractivity contribution >= 4 is 39.9 Å². The van der Waals surface area contributed by atoms with Crippen LogP contribution in [0.2, 0.25) is 10.0 Å². The van der Waals surface area contributed by atoms with Crippen molar-refractivity contribution in [3.8, 4) is 5.75 Å². The van der Waals surface area contributed by atoms with Crippen LogP contribution in [0.1, 0.15) is 22.3 Å². The van der Waals surface area contributed by atoms with E-state index in [1.807, 2.05) is 66.4 Å². The summed E-state index contributed by atoms with van der Waals surface area (Å²) in [6.45, 7) is 2.88. The van der Waals surface area contributed by atoms with Gasteiger partial charge < -0.3 is 14.1 Å². The van der Waals surface area contributed by atoms with E-state index in [1.165, 1.54) is 0 Å². The third kappa shape index (κ3) is 3.67. The first-order valence-electron chi connectivity index (χ1n) is 9.96. The lowest BCUT2D eigenvalue weighted by atomic mass is 9.97. The Morgan fingerprint density at radius 1 is 1.00 bits per heavy atom. The first kappa shape index (κ1) is 20.0. The third-order valence-electron chi connectivity index (χ3n) is 5.73. The highest BCUT2D eigenvalue weighted by Crippen LogP contribution is 2.36. The van der Waals surface area contributed by atoms with Crippen LogP contribution in [-0.2, 0) is 13.0 Å². The van der Waals surface area contributed by atoms with Gasteiger partial charge in [-0.05, 0) is 48.4 Å². The van der Waals surface area contributed by atoms with E-state index in [0.29, 0.717) is 40.9 Å². The lowest BCUT2D eigenvalue weighted by Crippen LogP contribution is -2.32. The van der Waals surface area contributed by atoms with Crippen LogP contribution < -0.4 is 15.3 Å². The zero-order chi connectivity index (χ0) is 21.5. The molecular weight excluding hydrogens is 433 g/mol. The smallest absolute Gasteiger partial charge is 0.340 e. The summed E-state index contributed by atoms with van der Waals surface area (Å²) in [4.78, 5) is 14.9. The molecule has 1 aliphatic rings. The Kier molecular flexibility index (Phi) is 5.12. The molecule has 0 saturated carbocycles. The monoisotopic (exact) mass is 451 g/mol. The van der Waals surface area contributed by atoms with Gasteiger partial charge >= 0.3 is 5.63 Å². The van der Waals surface area contributed by atoms with Gasteiger partial charge in [0.15, 0.2) is 6.73 Å². The highest BCUT2D eigenvalue weighted by Gasteiger charge is 2.24. The van der Waals surface area contributed by atoms with Crippen LogP contribution in [0.25, 0.3) is 11.0 Å². The molecule has 0 fully saturated rings. The molecule has 5 rings (SSSR count). The molecule has 4 nitrogen and oxygen atoms in total. The predicted molar refractivity (Wildman–Crippen MR) is 125 cm³/mol. The minimum absolute atomic E-state index is 0.311. The molecule has 156 valence electrons. The summed E-state index contributed by atoms with van der Waals surface area (Å²) >= 11 is 12.2. The summed E-state index contributed by atoms with van der Waals surface area (Å²) in [5.41, 5.74) is 4.68. The number of ether oxygens (including phenoxy) is 1. The van der Waals surface area contributed by atoms with E-state index >= 15 is 0 Å². The minimum atomic E-state index is -0.311. The standard InChI is InChI=1S/C25H19Cl2NO3/c1-15-18-8-10-23-20(13-28(14-30-23)17-7-9-21(26)22(27)12-17)24(18)31-25(29)19(15)11-16-5-3-2-4-6-16/h2-10,12H,11,13-14H2,1H3. The summed E-state index contributed by atoms with van der Waals surface area (Å²) in [6.07, 6.45) is 0.536. The van der Waals surface area contributed by atoms with Crippen molar-refractivity contribution in [2.45, 2.75) is 19.9 Å². The second-order valence-electron chi connectivity index (χ2n) is 7.64. The van der Waals surface area contributed by atoms with E-state index in [2.05, 4.69) is 0 Å². The lowest BCUT2D eigenvalue weighted by Gasteiger charge is -2.31. The molecule has 6 heteroatoms. The Labute approximate surface area is 189 Å². The number of hydrogen-bond acceptors (Lipinski definition) is 4. The van der Waals surface area contributed by atoms with Crippen LogP contribution >= 0.6 is 23.2 Å². The molecule has 1 aliphatic heterocycles. The molecule has 3 aromatic carbocycles. The maximum Gasteiger partial charge on any atom is 0.340 e. The van der Waals surface area contributed by atoms with Crippen LogP contribution in [0, 0.1) is 6.92 Å². The van der Waals surface area contributed by atoms with Gasteiger partial charge in [0.25, 0.3) is 0 Å². The number of rotatable bonds is 3. The quantitative estimate of drug-likeness (QED) is 0.340. The van der Waals surface area contributed by atoms with Crippen LogP contribution in [0.5, 0.6) is 5.75 Å². The normalized spacial score (nSPS) is 13.2. The molecule has 0 bridgehead atoms. The third-order valence-corrected chi connectivity index (χ3v) is 6.47. The number of fused-ring (bicyclic) bond motifs is 3. The molecule has 0 N–H and O–H groups in total. The van der Waals surface area contributed by atoms with E-state index in [1.54, 1.807) is 6.07 Å². The van der Waals surface area contributed by atoms with Gasteiger partial charge in [-0.1, -0.05) is 53.5 Å². The lowest BCUT2D eigenvalue weighted by molar-refractivity contribution is 0.289. The molecule has 1 aromatic heterocycles. The zero-order valence-electron chi connectivity index (χ0n) is 16.8. The molecule has 0 amide bonds. The molecule has 31 heavy (non-hydrogen) atoms. The average molecular weight is 452 g/mol. The Morgan fingerprint density at radius 2 is 1.81 bits per heavy atom. The van der Waals surface area contributed by atoms with Crippen molar-refractivity contribution in [2.24, 2.45) is 0 Å². The van der Waals surface area contributed by atoms with E-state index in [4.69, 9.17) is 32.4 Å². The number of hydrogen-bond donors (Lipinski definition) is 0. The second kappa shape index (κ2) is 7.95. The highest BCUT2D eigenvalue weighted by molar-refractivity contribution is 6.42. The van der Waals surface area contributed by atoms with Gasteiger partial charge in [0.2, 0.25) is 0 Å². The predicted octanol–water partition coefficient (Wildman–Crippen LogP) is 6.36. The van der Waals surface area contributed by atoms with Crippen LogP contribution in [0.4, 0.5) is 5.69 Å². The number of halogens is 2. The summed E-state index contributed by atoms with van der Waals surface area (Å²) in [6, 6.07) is 19.3. The fraction of sp³-hybridized carbons (Fsp3) is 0.160. The van der Waals surface area contributed by atoms with E-state index in [-0.39, 0.29) is 5.63 Å². The minimum Gasteiger partial charge on any atom is -0.473 e. The fourth-order valence-corrected chi connectivity index (χ4v) is 4.31. The maximum atomic E-state index is 12.9. The molecule has 0 saturated heterocycles. The van der Waals surface area contributed by atoms with Gasteiger partial charge in [-0.15, -0.1) is 0 Å². The number of aryl methyl sites for hydroxylation is 1. The SMILES string of the molecule is Cc1c(Cc2ccccc2)c(=O)oc2c3c(ccc12)OCN(c1ccc(Cl)c(Cl)c1)C3. The Balaban J connectivity index is 1.57.